The molecule has 4 N–H and O–H groups in total. The lowest BCUT2D eigenvalue weighted by Gasteiger charge is -2.11. The summed E-state index contributed by atoms with van der Waals surface area (Å²) in [6.45, 7) is 4.46. The van der Waals surface area contributed by atoms with Crippen molar-refractivity contribution in [3.05, 3.63) is 5.82 Å². The summed E-state index contributed by atoms with van der Waals surface area (Å²) in [5.41, 5.74) is 5.23. The average Bonchev–Trinajstić information content (AvgIpc) is 2.58. The number of nitrogens with one attached hydrogen (secondary N) is 2. The van der Waals surface area contributed by atoms with Crippen LogP contribution in [-0.4, -0.2) is 39.4 Å². The minimum atomic E-state index is -0.350. The first-order valence-corrected chi connectivity index (χ1v) is 5.66. The lowest BCUT2D eigenvalue weighted by atomic mass is 10.3. The summed E-state index contributed by atoms with van der Waals surface area (Å²) in [5, 5.41) is 10.3. The van der Waals surface area contributed by atoms with Crippen molar-refractivity contribution < 1.29 is 4.79 Å². The van der Waals surface area contributed by atoms with Crippen LogP contribution in [0.3, 0.4) is 0 Å². The van der Waals surface area contributed by atoms with Crippen molar-refractivity contribution >= 4 is 17.7 Å². The molecule has 1 aromatic heterocycles. The van der Waals surface area contributed by atoms with Crippen LogP contribution < -0.4 is 11.1 Å². The number of hydrogen-bond acceptors (Lipinski definition) is 5. The Bertz CT molecular complexity index is 327. The van der Waals surface area contributed by atoms with Gasteiger partial charge in [-0.25, -0.2) is 4.98 Å². The molecule has 0 radical (unpaired) electrons. The van der Waals surface area contributed by atoms with Crippen LogP contribution in [-0.2, 0) is 4.79 Å². The quantitative estimate of drug-likeness (QED) is 0.580. The minimum absolute atomic E-state index is 0.334. The number of nitrogens with two attached hydrogens (primary N) is 1. The Hall–Kier alpha value is -1.08. The zero-order valence-corrected chi connectivity index (χ0v) is 9.60. The summed E-state index contributed by atoms with van der Waals surface area (Å²) < 4.78 is 0. The van der Waals surface area contributed by atoms with Crippen molar-refractivity contribution in [3.63, 3.8) is 0 Å². The Morgan fingerprint density at radius 3 is 2.93 bits per heavy atom. The van der Waals surface area contributed by atoms with Crippen LogP contribution in [0.5, 0.6) is 0 Å². The minimum Gasteiger partial charge on any atom is -0.368 e. The van der Waals surface area contributed by atoms with E-state index in [2.05, 4.69) is 20.5 Å². The van der Waals surface area contributed by atoms with Crippen LogP contribution in [0.2, 0.25) is 0 Å². The van der Waals surface area contributed by atoms with E-state index in [1.165, 1.54) is 11.8 Å². The molecule has 0 aliphatic rings. The highest BCUT2D eigenvalue weighted by Gasteiger charge is 2.15. The van der Waals surface area contributed by atoms with Gasteiger partial charge >= 0.3 is 0 Å². The number of carbonyl (C=O) groups excluding carboxylic acids is 1. The van der Waals surface area contributed by atoms with E-state index >= 15 is 0 Å². The first-order valence-electron chi connectivity index (χ1n) is 4.68. The van der Waals surface area contributed by atoms with Crippen molar-refractivity contribution in [2.24, 2.45) is 5.73 Å². The Kier molecular flexibility index (Phi) is 4.57. The molecule has 1 rings (SSSR count). The van der Waals surface area contributed by atoms with Crippen molar-refractivity contribution in [1.82, 2.24) is 20.5 Å². The molecule has 1 heterocycles. The van der Waals surface area contributed by atoms with Crippen molar-refractivity contribution in [3.8, 4) is 0 Å². The summed E-state index contributed by atoms with van der Waals surface area (Å²) in [6.07, 6.45) is 0. The number of aromatic nitrogens is 3. The standard InChI is InChI=1S/C8H15N5OS/c1-3-10-6(7(9)14)4-15-8-11-5(2)12-13-8/h6,10H,3-4H2,1-2H3,(H2,9,14)(H,11,12,13). The van der Waals surface area contributed by atoms with E-state index in [4.69, 9.17) is 5.73 Å². The Labute approximate surface area is 92.4 Å². The van der Waals surface area contributed by atoms with E-state index in [1.54, 1.807) is 0 Å². The molecule has 0 aliphatic carbocycles. The topological polar surface area (TPSA) is 96.7 Å². The first-order chi connectivity index (χ1) is 7.13. The molecule has 1 unspecified atom stereocenters. The Morgan fingerprint density at radius 2 is 2.47 bits per heavy atom. The van der Waals surface area contributed by atoms with Gasteiger partial charge in [-0.3, -0.25) is 9.89 Å². The van der Waals surface area contributed by atoms with Crippen LogP contribution in [0, 0.1) is 6.92 Å². The molecule has 84 valence electrons. The highest BCUT2D eigenvalue weighted by atomic mass is 32.2. The normalized spacial score (nSPS) is 12.7. The van der Waals surface area contributed by atoms with Gasteiger partial charge in [0.15, 0.2) is 0 Å². The van der Waals surface area contributed by atoms with E-state index < -0.39 is 0 Å². The zero-order valence-electron chi connectivity index (χ0n) is 8.78. The number of carbonyl (C=O) groups is 1. The molecule has 0 spiro atoms. The van der Waals surface area contributed by atoms with Gasteiger partial charge in [-0.15, -0.1) is 5.10 Å². The van der Waals surface area contributed by atoms with E-state index in [1.807, 2.05) is 13.8 Å². The summed E-state index contributed by atoms with van der Waals surface area (Å²) in [6, 6.07) is -0.334. The van der Waals surface area contributed by atoms with Crippen LogP contribution in [0.1, 0.15) is 12.7 Å². The first kappa shape index (κ1) is 12.0. The smallest absolute Gasteiger partial charge is 0.235 e. The van der Waals surface area contributed by atoms with Gasteiger partial charge in [0, 0.05) is 5.75 Å². The maximum atomic E-state index is 11.0. The van der Waals surface area contributed by atoms with Gasteiger partial charge in [-0.2, -0.15) is 0 Å². The van der Waals surface area contributed by atoms with Gasteiger partial charge in [-0.1, -0.05) is 18.7 Å². The number of thioether (sulfide) groups is 1. The maximum absolute atomic E-state index is 11.0. The number of likely N-dealkylation sites (N-methyl/N-ethyl adjacent to an activating group) is 1. The maximum Gasteiger partial charge on any atom is 0.235 e. The molecule has 1 atom stereocenters. The third kappa shape index (κ3) is 3.88. The van der Waals surface area contributed by atoms with Gasteiger partial charge in [0.25, 0.3) is 0 Å². The fourth-order valence-corrected chi connectivity index (χ4v) is 1.94. The second-order valence-electron chi connectivity index (χ2n) is 3.03. The van der Waals surface area contributed by atoms with Crippen molar-refractivity contribution in [2.45, 2.75) is 25.0 Å². The fourth-order valence-electron chi connectivity index (χ4n) is 1.03. The van der Waals surface area contributed by atoms with Crippen LogP contribution in [0.15, 0.2) is 5.16 Å². The lowest BCUT2D eigenvalue weighted by molar-refractivity contribution is -0.119. The molecule has 0 saturated heterocycles. The second kappa shape index (κ2) is 5.72. The summed E-state index contributed by atoms with van der Waals surface area (Å²) >= 11 is 1.40. The van der Waals surface area contributed by atoms with Gasteiger partial charge in [0.2, 0.25) is 11.1 Å². The van der Waals surface area contributed by atoms with Gasteiger partial charge in [0.1, 0.15) is 5.82 Å². The van der Waals surface area contributed by atoms with Gasteiger partial charge in [-0.05, 0) is 13.5 Å². The van der Waals surface area contributed by atoms with E-state index in [0.717, 1.165) is 5.82 Å². The number of primary amides is 1. The van der Waals surface area contributed by atoms with Crippen molar-refractivity contribution in [1.29, 1.82) is 0 Å². The largest absolute Gasteiger partial charge is 0.368 e. The number of amides is 1. The Balaban J connectivity index is 2.43. The SMILES string of the molecule is CCNC(CSc1n[nH]c(C)n1)C(N)=O. The van der Waals surface area contributed by atoms with Crippen LogP contribution >= 0.6 is 11.8 Å². The average molecular weight is 229 g/mol. The summed E-state index contributed by atoms with van der Waals surface area (Å²) in [5.74, 6) is 0.952. The molecule has 1 aromatic rings. The third-order valence-electron chi connectivity index (χ3n) is 1.75. The molecule has 0 saturated carbocycles. The molecule has 0 bridgehead atoms. The Morgan fingerprint density at radius 1 is 1.73 bits per heavy atom. The highest BCUT2D eigenvalue weighted by molar-refractivity contribution is 7.99. The van der Waals surface area contributed by atoms with E-state index in [0.29, 0.717) is 17.5 Å². The molecule has 7 heteroatoms. The summed E-state index contributed by atoms with van der Waals surface area (Å²) in [4.78, 5) is 15.1. The zero-order chi connectivity index (χ0) is 11.3. The number of rotatable bonds is 6. The number of aromatic amines is 1. The second-order valence-corrected chi connectivity index (χ2v) is 4.01. The predicted molar refractivity (Wildman–Crippen MR) is 58.5 cm³/mol. The number of nitrogens with zero attached hydrogens (tertiary/aromatic N) is 2. The van der Waals surface area contributed by atoms with Gasteiger partial charge < -0.3 is 11.1 Å². The van der Waals surface area contributed by atoms with Gasteiger partial charge in [0.05, 0.1) is 6.04 Å². The molecule has 6 nitrogen and oxygen atoms in total. The fraction of sp³-hybridized carbons (Fsp3) is 0.625. The summed E-state index contributed by atoms with van der Waals surface area (Å²) in [7, 11) is 0. The number of H-pyrrole nitrogens is 1. The van der Waals surface area contributed by atoms with Crippen molar-refractivity contribution in [2.75, 3.05) is 12.3 Å². The van der Waals surface area contributed by atoms with E-state index in [9.17, 15) is 4.79 Å². The van der Waals surface area contributed by atoms with E-state index in [-0.39, 0.29) is 11.9 Å². The molecular formula is C8H15N5OS. The third-order valence-corrected chi connectivity index (χ3v) is 2.69. The molecule has 0 aromatic carbocycles. The monoisotopic (exact) mass is 229 g/mol. The predicted octanol–water partition coefficient (Wildman–Crippen LogP) is -0.331. The molecule has 0 aliphatic heterocycles. The number of aryl methyl sites for hydroxylation is 1. The van der Waals surface area contributed by atoms with Crippen LogP contribution in [0.25, 0.3) is 0 Å². The number of hydrogen-bond donors (Lipinski definition) is 3. The van der Waals surface area contributed by atoms with Crippen LogP contribution in [0.4, 0.5) is 0 Å². The molecular weight excluding hydrogens is 214 g/mol. The lowest BCUT2D eigenvalue weighted by Crippen LogP contribution is -2.43. The molecule has 1 amide bonds. The molecule has 15 heavy (non-hydrogen) atoms. The highest BCUT2D eigenvalue weighted by Crippen LogP contribution is 2.12. The molecule has 0 fully saturated rings.